The van der Waals surface area contributed by atoms with Gasteiger partial charge >= 0.3 is 0 Å². The molecule has 0 unspecified atom stereocenters. The Morgan fingerprint density at radius 1 is 1.00 bits per heavy atom. The van der Waals surface area contributed by atoms with Gasteiger partial charge in [0, 0.05) is 30.0 Å². The number of rotatable bonds is 6. The molecule has 2 N–H and O–H groups in total. The van der Waals surface area contributed by atoms with Crippen molar-refractivity contribution in [3.8, 4) is 5.75 Å². The highest BCUT2D eigenvalue weighted by Crippen LogP contribution is 2.22. The second kappa shape index (κ2) is 7.92. The standard InChI is InChI=1S/C19H18N4O2/c1-2-25-16-7-5-14(6-8-16)22-18-17(4-3-11-21-18)19(24)23-15-9-12-20-13-10-15/h3-13H,2H2,1H3,(H,21,22)(H,20,23,24). The van der Waals surface area contributed by atoms with Gasteiger partial charge in [-0.05, 0) is 55.5 Å². The molecular formula is C19H18N4O2. The molecular weight excluding hydrogens is 316 g/mol. The monoisotopic (exact) mass is 334 g/mol. The molecule has 3 rings (SSSR count). The van der Waals surface area contributed by atoms with Crippen LogP contribution in [-0.4, -0.2) is 22.5 Å². The molecule has 1 amide bonds. The minimum Gasteiger partial charge on any atom is -0.494 e. The first-order valence-electron chi connectivity index (χ1n) is 7.92. The fourth-order valence-corrected chi connectivity index (χ4v) is 2.26. The summed E-state index contributed by atoms with van der Waals surface area (Å²) in [6.07, 6.45) is 4.88. The molecule has 0 bridgehead atoms. The van der Waals surface area contributed by atoms with Gasteiger partial charge in [-0.25, -0.2) is 4.98 Å². The summed E-state index contributed by atoms with van der Waals surface area (Å²) in [7, 11) is 0. The third kappa shape index (κ3) is 4.32. The lowest BCUT2D eigenvalue weighted by Gasteiger charge is -2.12. The van der Waals surface area contributed by atoms with Crippen molar-refractivity contribution in [1.29, 1.82) is 0 Å². The summed E-state index contributed by atoms with van der Waals surface area (Å²) < 4.78 is 5.43. The van der Waals surface area contributed by atoms with Crippen molar-refractivity contribution in [2.75, 3.05) is 17.2 Å². The van der Waals surface area contributed by atoms with Crippen molar-refractivity contribution in [1.82, 2.24) is 9.97 Å². The van der Waals surface area contributed by atoms with E-state index in [1.807, 2.05) is 31.2 Å². The maximum atomic E-state index is 12.5. The first-order chi connectivity index (χ1) is 12.3. The molecule has 0 saturated heterocycles. The Kier molecular flexibility index (Phi) is 5.21. The van der Waals surface area contributed by atoms with E-state index in [-0.39, 0.29) is 5.91 Å². The summed E-state index contributed by atoms with van der Waals surface area (Å²) in [5.74, 6) is 1.04. The molecule has 2 aromatic heterocycles. The maximum absolute atomic E-state index is 12.5. The number of aromatic nitrogens is 2. The Hall–Kier alpha value is -3.41. The number of carbonyl (C=O) groups is 1. The largest absolute Gasteiger partial charge is 0.494 e. The fraction of sp³-hybridized carbons (Fsp3) is 0.105. The van der Waals surface area contributed by atoms with Gasteiger partial charge in [0.15, 0.2) is 0 Å². The maximum Gasteiger partial charge on any atom is 0.259 e. The predicted molar refractivity (Wildman–Crippen MR) is 97.3 cm³/mol. The van der Waals surface area contributed by atoms with Gasteiger partial charge in [0.25, 0.3) is 5.91 Å². The zero-order valence-electron chi connectivity index (χ0n) is 13.8. The van der Waals surface area contributed by atoms with Crippen LogP contribution in [0.2, 0.25) is 0 Å². The van der Waals surface area contributed by atoms with Crippen LogP contribution in [0, 0.1) is 0 Å². The molecule has 0 spiro atoms. The van der Waals surface area contributed by atoms with E-state index < -0.39 is 0 Å². The average molecular weight is 334 g/mol. The number of nitrogens with one attached hydrogen (secondary N) is 2. The predicted octanol–water partition coefficient (Wildman–Crippen LogP) is 3.87. The highest BCUT2D eigenvalue weighted by molar-refractivity contribution is 6.07. The highest BCUT2D eigenvalue weighted by Gasteiger charge is 2.12. The number of pyridine rings is 2. The molecule has 126 valence electrons. The molecule has 6 nitrogen and oxygen atoms in total. The van der Waals surface area contributed by atoms with Gasteiger partial charge in [-0.2, -0.15) is 0 Å². The van der Waals surface area contributed by atoms with Gasteiger partial charge in [-0.3, -0.25) is 9.78 Å². The molecule has 0 fully saturated rings. The van der Waals surface area contributed by atoms with Crippen molar-refractivity contribution >= 4 is 23.1 Å². The van der Waals surface area contributed by atoms with Crippen molar-refractivity contribution < 1.29 is 9.53 Å². The van der Waals surface area contributed by atoms with Crippen LogP contribution in [0.25, 0.3) is 0 Å². The van der Waals surface area contributed by atoms with Crippen LogP contribution in [0.5, 0.6) is 5.75 Å². The van der Waals surface area contributed by atoms with Crippen LogP contribution >= 0.6 is 0 Å². The Labute approximate surface area is 145 Å². The summed E-state index contributed by atoms with van der Waals surface area (Å²) in [6, 6.07) is 14.4. The van der Waals surface area contributed by atoms with E-state index in [2.05, 4.69) is 20.6 Å². The van der Waals surface area contributed by atoms with E-state index in [1.165, 1.54) is 0 Å². The van der Waals surface area contributed by atoms with E-state index in [0.29, 0.717) is 23.7 Å². The lowest BCUT2D eigenvalue weighted by Crippen LogP contribution is -2.14. The number of amides is 1. The van der Waals surface area contributed by atoms with Gasteiger partial charge < -0.3 is 15.4 Å². The van der Waals surface area contributed by atoms with Crippen LogP contribution in [0.15, 0.2) is 67.1 Å². The third-order valence-electron chi connectivity index (χ3n) is 3.42. The zero-order valence-corrected chi connectivity index (χ0v) is 13.8. The van der Waals surface area contributed by atoms with Crippen molar-refractivity contribution in [2.45, 2.75) is 6.92 Å². The Bertz CT molecular complexity index is 836. The molecule has 0 radical (unpaired) electrons. The van der Waals surface area contributed by atoms with E-state index in [9.17, 15) is 4.79 Å². The lowest BCUT2D eigenvalue weighted by atomic mass is 10.2. The van der Waals surface area contributed by atoms with E-state index in [1.54, 1.807) is 42.9 Å². The molecule has 0 atom stereocenters. The Morgan fingerprint density at radius 2 is 1.76 bits per heavy atom. The van der Waals surface area contributed by atoms with Crippen molar-refractivity contribution in [3.05, 3.63) is 72.7 Å². The van der Waals surface area contributed by atoms with Crippen LogP contribution in [0.1, 0.15) is 17.3 Å². The van der Waals surface area contributed by atoms with Crippen molar-refractivity contribution in [3.63, 3.8) is 0 Å². The summed E-state index contributed by atoms with van der Waals surface area (Å²) >= 11 is 0. The Morgan fingerprint density at radius 3 is 2.48 bits per heavy atom. The number of nitrogens with zero attached hydrogens (tertiary/aromatic N) is 2. The van der Waals surface area contributed by atoms with Crippen LogP contribution < -0.4 is 15.4 Å². The average Bonchev–Trinajstić information content (AvgIpc) is 2.65. The quantitative estimate of drug-likeness (QED) is 0.715. The Balaban J connectivity index is 1.77. The smallest absolute Gasteiger partial charge is 0.259 e. The molecule has 0 saturated carbocycles. The second-order valence-corrected chi connectivity index (χ2v) is 5.17. The number of benzene rings is 1. The van der Waals surface area contributed by atoms with Gasteiger partial charge in [0.05, 0.1) is 12.2 Å². The molecule has 3 aromatic rings. The number of ether oxygens (including phenoxy) is 1. The third-order valence-corrected chi connectivity index (χ3v) is 3.42. The van der Waals surface area contributed by atoms with Gasteiger partial charge in [-0.1, -0.05) is 0 Å². The lowest BCUT2D eigenvalue weighted by molar-refractivity contribution is 0.102. The van der Waals surface area contributed by atoms with Crippen LogP contribution in [-0.2, 0) is 0 Å². The van der Waals surface area contributed by atoms with E-state index >= 15 is 0 Å². The topological polar surface area (TPSA) is 76.1 Å². The second-order valence-electron chi connectivity index (χ2n) is 5.17. The fourth-order valence-electron chi connectivity index (χ4n) is 2.26. The summed E-state index contributed by atoms with van der Waals surface area (Å²) in [4.78, 5) is 20.7. The normalized spacial score (nSPS) is 10.1. The summed E-state index contributed by atoms with van der Waals surface area (Å²) in [5, 5.41) is 6.00. The minimum atomic E-state index is -0.243. The molecule has 0 aliphatic heterocycles. The SMILES string of the molecule is CCOc1ccc(Nc2ncccc2C(=O)Nc2ccncc2)cc1. The first-order valence-corrected chi connectivity index (χ1v) is 7.92. The number of hydrogen-bond donors (Lipinski definition) is 2. The molecule has 2 heterocycles. The minimum absolute atomic E-state index is 0.243. The van der Waals surface area contributed by atoms with Gasteiger partial charge in [-0.15, -0.1) is 0 Å². The van der Waals surface area contributed by atoms with Gasteiger partial charge in [0.1, 0.15) is 11.6 Å². The van der Waals surface area contributed by atoms with Crippen LogP contribution in [0.3, 0.4) is 0 Å². The van der Waals surface area contributed by atoms with Crippen LogP contribution in [0.4, 0.5) is 17.2 Å². The molecule has 0 aliphatic carbocycles. The molecule has 6 heteroatoms. The molecule has 1 aromatic carbocycles. The van der Waals surface area contributed by atoms with E-state index in [4.69, 9.17) is 4.74 Å². The summed E-state index contributed by atoms with van der Waals surface area (Å²) in [5.41, 5.74) is 1.95. The molecule has 25 heavy (non-hydrogen) atoms. The van der Waals surface area contributed by atoms with Crippen molar-refractivity contribution in [2.24, 2.45) is 0 Å². The zero-order chi connectivity index (χ0) is 17.5. The molecule has 0 aliphatic rings. The number of carbonyl (C=O) groups excluding carboxylic acids is 1. The highest BCUT2D eigenvalue weighted by atomic mass is 16.5. The van der Waals surface area contributed by atoms with Gasteiger partial charge in [0.2, 0.25) is 0 Å². The van der Waals surface area contributed by atoms with E-state index in [0.717, 1.165) is 11.4 Å². The summed E-state index contributed by atoms with van der Waals surface area (Å²) in [6.45, 7) is 2.56. The first kappa shape index (κ1) is 16.4. The number of hydrogen-bond acceptors (Lipinski definition) is 5. The number of anilines is 3.